The molecule has 0 spiro atoms. The van der Waals surface area contributed by atoms with Gasteiger partial charge in [-0.05, 0) is 44.5 Å². The maximum Gasteiger partial charge on any atom is 0.0994 e. The molecule has 2 rings (SSSR count). The Kier molecular flexibility index (Phi) is 2.60. The molecule has 4 nitrogen and oxygen atoms in total. The SMILES string of the molecule is Cc1cc(-n2nc(C)c(N)c2C)ccc1C#N. The molecule has 17 heavy (non-hydrogen) atoms. The van der Waals surface area contributed by atoms with Crippen LogP contribution in [0.15, 0.2) is 18.2 Å². The number of aromatic nitrogens is 2. The van der Waals surface area contributed by atoms with Gasteiger partial charge in [-0.15, -0.1) is 0 Å². The molecule has 2 N–H and O–H groups in total. The molecule has 0 aliphatic heterocycles. The van der Waals surface area contributed by atoms with Gasteiger partial charge in [0.2, 0.25) is 0 Å². The fourth-order valence-electron chi connectivity index (χ4n) is 1.81. The van der Waals surface area contributed by atoms with Gasteiger partial charge in [-0.2, -0.15) is 10.4 Å². The summed E-state index contributed by atoms with van der Waals surface area (Å²) in [6, 6.07) is 7.77. The van der Waals surface area contributed by atoms with E-state index in [-0.39, 0.29) is 0 Å². The van der Waals surface area contributed by atoms with E-state index in [0.717, 1.165) is 22.6 Å². The number of nitrogen functional groups attached to an aromatic ring is 1. The van der Waals surface area contributed by atoms with Gasteiger partial charge in [0.05, 0.1) is 34.4 Å². The lowest BCUT2D eigenvalue weighted by Crippen LogP contribution is -2.00. The predicted molar refractivity (Wildman–Crippen MR) is 66.9 cm³/mol. The van der Waals surface area contributed by atoms with Gasteiger partial charge < -0.3 is 5.73 Å². The van der Waals surface area contributed by atoms with Crippen LogP contribution < -0.4 is 5.73 Å². The Hall–Kier alpha value is -2.28. The number of benzene rings is 1. The molecule has 0 aliphatic carbocycles. The third-order valence-electron chi connectivity index (χ3n) is 2.92. The van der Waals surface area contributed by atoms with Gasteiger partial charge in [-0.3, -0.25) is 0 Å². The van der Waals surface area contributed by atoms with E-state index in [1.165, 1.54) is 0 Å². The third-order valence-corrected chi connectivity index (χ3v) is 2.92. The molecule has 1 aromatic heterocycles. The van der Waals surface area contributed by atoms with Crippen LogP contribution >= 0.6 is 0 Å². The summed E-state index contributed by atoms with van der Waals surface area (Å²) in [5.41, 5.74) is 10.9. The van der Waals surface area contributed by atoms with E-state index >= 15 is 0 Å². The van der Waals surface area contributed by atoms with Gasteiger partial charge in [0.15, 0.2) is 0 Å². The zero-order chi connectivity index (χ0) is 12.6. The number of hydrogen-bond acceptors (Lipinski definition) is 3. The summed E-state index contributed by atoms with van der Waals surface area (Å²) < 4.78 is 1.80. The summed E-state index contributed by atoms with van der Waals surface area (Å²) >= 11 is 0. The minimum absolute atomic E-state index is 0.684. The lowest BCUT2D eigenvalue weighted by molar-refractivity contribution is 0.832. The van der Waals surface area contributed by atoms with Crippen LogP contribution in [-0.4, -0.2) is 9.78 Å². The predicted octanol–water partition coefficient (Wildman–Crippen LogP) is 2.25. The van der Waals surface area contributed by atoms with Gasteiger partial charge in [-0.1, -0.05) is 0 Å². The summed E-state index contributed by atoms with van der Waals surface area (Å²) in [5.74, 6) is 0. The quantitative estimate of drug-likeness (QED) is 0.810. The Labute approximate surface area is 100 Å². The van der Waals surface area contributed by atoms with E-state index in [9.17, 15) is 0 Å². The van der Waals surface area contributed by atoms with Gasteiger partial charge in [0, 0.05) is 0 Å². The number of rotatable bonds is 1. The Morgan fingerprint density at radius 3 is 2.47 bits per heavy atom. The minimum atomic E-state index is 0.684. The highest BCUT2D eigenvalue weighted by molar-refractivity contribution is 5.52. The first-order valence-corrected chi connectivity index (χ1v) is 5.37. The molecule has 4 heteroatoms. The van der Waals surface area contributed by atoms with E-state index in [1.54, 1.807) is 10.7 Å². The van der Waals surface area contributed by atoms with Gasteiger partial charge in [-0.25, -0.2) is 4.68 Å². The molecule has 2 aromatic rings. The summed E-state index contributed by atoms with van der Waals surface area (Å²) in [7, 11) is 0. The topological polar surface area (TPSA) is 67.6 Å². The molecule has 1 aromatic carbocycles. The van der Waals surface area contributed by atoms with Crippen LogP contribution in [0.5, 0.6) is 0 Å². The average Bonchev–Trinajstić information content (AvgIpc) is 2.57. The molecule has 0 saturated heterocycles. The molecule has 0 amide bonds. The van der Waals surface area contributed by atoms with Crippen molar-refractivity contribution in [1.29, 1.82) is 5.26 Å². The normalized spacial score (nSPS) is 10.2. The van der Waals surface area contributed by atoms with Crippen LogP contribution in [0.4, 0.5) is 5.69 Å². The van der Waals surface area contributed by atoms with E-state index in [0.29, 0.717) is 11.3 Å². The summed E-state index contributed by atoms with van der Waals surface area (Å²) in [5, 5.41) is 13.3. The van der Waals surface area contributed by atoms with Crippen LogP contribution in [0, 0.1) is 32.1 Å². The number of hydrogen-bond donors (Lipinski definition) is 1. The Balaban J connectivity index is 2.58. The molecular formula is C13H14N4. The second-order valence-electron chi connectivity index (χ2n) is 4.11. The maximum atomic E-state index is 8.89. The molecule has 0 aliphatic rings. The largest absolute Gasteiger partial charge is 0.396 e. The first-order chi connectivity index (χ1) is 8.04. The van der Waals surface area contributed by atoms with E-state index in [1.807, 2.05) is 32.9 Å². The zero-order valence-corrected chi connectivity index (χ0v) is 10.2. The number of nitrogens with two attached hydrogens (primary N) is 1. The minimum Gasteiger partial charge on any atom is -0.396 e. The summed E-state index contributed by atoms with van der Waals surface area (Å²) in [4.78, 5) is 0. The number of aryl methyl sites for hydroxylation is 2. The van der Waals surface area contributed by atoms with Crippen molar-refractivity contribution in [2.45, 2.75) is 20.8 Å². The van der Waals surface area contributed by atoms with E-state index in [2.05, 4.69) is 11.2 Å². The average molecular weight is 226 g/mol. The second kappa shape index (κ2) is 3.95. The van der Waals surface area contributed by atoms with Crippen LogP contribution in [0.3, 0.4) is 0 Å². The first kappa shape index (κ1) is 11.2. The number of nitriles is 1. The van der Waals surface area contributed by atoms with Crippen molar-refractivity contribution < 1.29 is 0 Å². The lowest BCUT2D eigenvalue weighted by atomic mass is 10.1. The Bertz CT molecular complexity index is 617. The van der Waals surface area contributed by atoms with Crippen LogP contribution in [-0.2, 0) is 0 Å². The van der Waals surface area contributed by atoms with Crippen LogP contribution in [0.2, 0.25) is 0 Å². The number of nitrogens with zero attached hydrogens (tertiary/aromatic N) is 3. The van der Waals surface area contributed by atoms with E-state index < -0.39 is 0 Å². The molecular weight excluding hydrogens is 212 g/mol. The van der Waals surface area contributed by atoms with Crippen molar-refractivity contribution in [3.05, 3.63) is 40.7 Å². The summed E-state index contributed by atoms with van der Waals surface area (Å²) in [6.07, 6.45) is 0. The van der Waals surface area contributed by atoms with Crippen molar-refractivity contribution in [3.63, 3.8) is 0 Å². The van der Waals surface area contributed by atoms with Crippen molar-refractivity contribution >= 4 is 5.69 Å². The third kappa shape index (κ3) is 1.76. The molecule has 0 atom stereocenters. The highest BCUT2D eigenvalue weighted by Crippen LogP contribution is 2.21. The standard InChI is InChI=1S/C13H14N4/c1-8-6-12(5-4-11(8)7-14)17-10(3)13(15)9(2)16-17/h4-6H,15H2,1-3H3. The van der Waals surface area contributed by atoms with Gasteiger partial charge >= 0.3 is 0 Å². The Morgan fingerprint density at radius 2 is 2.00 bits per heavy atom. The van der Waals surface area contributed by atoms with Crippen molar-refractivity contribution in [1.82, 2.24) is 9.78 Å². The molecule has 0 radical (unpaired) electrons. The van der Waals surface area contributed by atoms with Crippen LogP contribution in [0.1, 0.15) is 22.5 Å². The van der Waals surface area contributed by atoms with E-state index in [4.69, 9.17) is 11.0 Å². The smallest absolute Gasteiger partial charge is 0.0994 e. The first-order valence-electron chi connectivity index (χ1n) is 5.37. The maximum absolute atomic E-state index is 8.89. The molecule has 0 saturated carbocycles. The molecule has 86 valence electrons. The molecule has 0 unspecified atom stereocenters. The summed E-state index contributed by atoms with van der Waals surface area (Å²) in [6.45, 7) is 5.73. The number of anilines is 1. The van der Waals surface area contributed by atoms with Gasteiger partial charge in [0.1, 0.15) is 0 Å². The molecule has 0 fully saturated rings. The van der Waals surface area contributed by atoms with Crippen molar-refractivity contribution in [3.8, 4) is 11.8 Å². The van der Waals surface area contributed by atoms with Crippen molar-refractivity contribution in [2.75, 3.05) is 5.73 Å². The Morgan fingerprint density at radius 1 is 1.29 bits per heavy atom. The fraction of sp³-hybridized carbons (Fsp3) is 0.231. The monoisotopic (exact) mass is 226 g/mol. The molecule has 1 heterocycles. The fourth-order valence-corrected chi connectivity index (χ4v) is 1.81. The van der Waals surface area contributed by atoms with Crippen LogP contribution in [0.25, 0.3) is 5.69 Å². The molecule has 0 bridgehead atoms. The van der Waals surface area contributed by atoms with Gasteiger partial charge in [0.25, 0.3) is 0 Å². The second-order valence-corrected chi connectivity index (χ2v) is 4.11. The zero-order valence-electron chi connectivity index (χ0n) is 10.2. The highest BCUT2D eigenvalue weighted by Gasteiger charge is 2.10. The van der Waals surface area contributed by atoms with Crippen molar-refractivity contribution in [2.24, 2.45) is 0 Å². The lowest BCUT2D eigenvalue weighted by Gasteiger charge is -2.06. The highest BCUT2D eigenvalue weighted by atomic mass is 15.3.